The summed E-state index contributed by atoms with van der Waals surface area (Å²) in [5, 5.41) is 13.3. The van der Waals surface area contributed by atoms with Crippen molar-refractivity contribution in [3.05, 3.63) is 118 Å². The van der Waals surface area contributed by atoms with E-state index in [-0.39, 0.29) is 6.61 Å². The van der Waals surface area contributed by atoms with Crippen molar-refractivity contribution in [2.45, 2.75) is 52.4 Å². The molecule has 49 heavy (non-hydrogen) atoms. The van der Waals surface area contributed by atoms with E-state index in [9.17, 15) is 5.26 Å². The summed E-state index contributed by atoms with van der Waals surface area (Å²) >= 11 is 6.87. The number of likely N-dealkylation sites (tertiary alicyclic amines) is 1. The van der Waals surface area contributed by atoms with Crippen molar-refractivity contribution >= 4 is 28.2 Å². The minimum absolute atomic E-state index is 0.282. The molecule has 1 fully saturated rings. The minimum atomic E-state index is 0.282. The SMILES string of the molecule is Cc1c(COc2cc(OCc3cncc(C#N)c3)c(CN3CCCCC3)cc2Cl)cccc1-c1ccc2ncc(C3=CCCNC3)nc2c1. The van der Waals surface area contributed by atoms with Gasteiger partial charge in [-0.25, -0.2) is 4.98 Å². The maximum Gasteiger partial charge on any atom is 0.142 e. The number of aromatic nitrogens is 3. The van der Waals surface area contributed by atoms with Gasteiger partial charge in [-0.1, -0.05) is 48.4 Å². The van der Waals surface area contributed by atoms with Crippen LogP contribution in [0.1, 0.15) is 59.2 Å². The largest absolute Gasteiger partial charge is 0.488 e. The van der Waals surface area contributed by atoms with E-state index >= 15 is 0 Å². The van der Waals surface area contributed by atoms with Crippen molar-refractivity contribution in [1.82, 2.24) is 25.2 Å². The molecule has 1 saturated heterocycles. The van der Waals surface area contributed by atoms with Gasteiger partial charge in [0.25, 0.3) is 0 Å². The van der Waals surface area contributed by atoms with E-state index in [4.69, 9.17) is 31.0 Å². The van der Waals surface area contributed by atoms with Crippen LogP contribution in [-0.4, -0.2) is 46.0 Å². The minimum Gasteiger partial charge on any atom is -0.488 e. The lowest BCUT2D eigenvalue weighted by molar-refractivity contribution is 0.214. The Hall–Kier alpha value is -4.81. The Morgan fingerprint density at radius 2 is 1.80 bits per heavy atom. The first-order valence-electron chi connectivity index (χ1n) is 16.9. The highest BCUT2D eigenvalue weighted by Crippen LogP contribution is 2.36. The number of nitriles is 1. The van der Waals surface area contributed by atoms with Crippen LogP contribution in [0.15, 0.2) is 79.3 Å². The normalized spacial score (nSPS) is 15.1. The van der Waals surface area contributed by atoms with Crippen molar-refractivity contribution < 1.29 is 9.47 Å². The summed E-state index contributed by atoms with van der Waals surface area (Å²) < 4.78 is 12.8. The maximum absolute atomic E-state index is 9.32. The molecular weight excluding hydrogens is 632 g/mol. The van der Waals surface area contributed by atoms with Crippen LogP contribution in [0, 0.1) is 18.3 Å². The van der Waals surface area contributed by atoms with Gasteiger partial charge in [-0.3, -0.25) is 14.9 Å². The number of nitrogens with one attached hydrogen (secondary N) is 1. The molecule has 0 radical (unpaired) electrons. The highest BCUT2D eigenvalue weighted by atomic mass is 35.5. The van der Waals surface area contributed by atoms with Crippen LogP contribution in [-0.2, 0) is 19.8 Å². The van der Waals surface area contributed by atoms with Gasteiger partial charge in [-0.2, -0.15) is 5.26 Å². The van der Waals surface area contributed by atoms with Crippen molar-refractivity contribution in [3.63, 3.8) is 0 Å². The second-order valence-electron chi connectivity index (χ2n) is 12.7. The number of hydrogen-bond acceptors (Lipinski definition) is 8. The molecule has 7 rings (SSSR count). The smallest absolute Gasteiger partial charge is 0.142 e. The maximum atomic E-state index is 9.32. The van der Waals surface area contributed by atoms with Gasteiger partial charge in [0.1, 0.15) is 30.8 Å². The van der Waals surface area contributed by atoms with Gasteiger partial charge in [-0.15, -0.1) is 0 Å². The fourth-order valence-corrected chi connectivity index (χ4v) is 6.81. The Morgan fingerprint density at radius 1 is 0.918 bits per heavy atom. The summed E-state index contributed by atoms with van der Waals surface area (Å²) in [4.78, 5) is 16.3. The number of hydrogen-bond donors (Lipinski definition) is 1. The van der Waals surface area contributed by atoms with Crippen molar-refractivity contribution in [3.8, 4) is 28.7 Å². The van der Waals surface area contributed by atoms with E-state index in [1.54, 1.807) is 18.5 Å². The molecule has 5 aromatic rings. The summed E-state index contributed by atoms with van der Waals surface area (Å²) in [5.74, 6) is 1.28. The number of ether oxygens (including phenoxy) is 2. The second-order valence-corrected chi connectivity index (χ2v) is 13.1. The predicted octanol–water partition coefficient (Wildman–Crippen LogP) is 8.05. The van der Waals surface area contributed by atoms with Gasteiger partial charge in [0.15, 0.2) is 0 Å². The molecule has 0 aliphatic carbocycles. The van der Waals surface area contributed by atoms with E-state index in [2.05, 4.69) is 64.6 Å². The fourth-order valence-electron chi connectivity index (χ4n) is 6.57. The van der Waals surface area contributed by atoms with Crippen LogP contribution in [0.4, 0.5) is 0 Å². The number of fused-ring (bicyclic) bond motifs is 1. The third-order valence-corrected chi connectivity index (χ3v) is 9.61. The van der Waals surface area contributed by atoms with Gasteiger partial charge in [0, 0.05) is 42.7 Å². The average molecular weight is 671 g/mol. The monoisotopic (exact) mass is 670 g/mol. The number of piperidine rings is 1. The van der Waals surface area contributed by atoms with Gasteiger partial charge >= 0.3 is 0 Å². The van der Waals surface area contributed by atoms with Gasteiger partial charge in [0.05, 0.1) is 33.5 Å². The average Bonchev–Trinajstić information content (AvgIpc) is 3.15. The van der Waals surface area contributed by atoms with E-state index < -0.39 is 0 Å². The molecule has 248 valence electrons. The first-order valence-corrected chi connectivity index (χ1v) is 17.3. The zero-order valence-corrected chi connectivity index (χ0v) is 28.5. The van der Waals surface area contributed by atoms with Crippen LogP contribution in [0.5, 0.6) is 11.5 Å². The van der Waals surface area contributed by atoms with Crippen molar-refractivity contribution in [1.29, 1.82) is 5.26 Å². The number of halogens is 1. The first-order chi connectivity index (χ1) is 24.0. The van der Waals surface area contributed by atoms with Crippen molar-refractivity contribution in [2.75, 3.05) is 26.2 Å². The summed E-state index contributed by atoms with van der Waals surface area (Å²) in [6, 6.07) is 20.4. The molecule has 2 aliphatic heterocycles. The molecule has 2 aliphatic rings. The molecule has 0 atom stereocenters. The van der Waals surface area contributed by atoms with E-state index in [0.29, 0.717) is 28.7 Å². The van der Waals surface area contributed by atoms with Crippen LogP contribution in [0.3, 0.4) is 0 Å². The van der Waals surface area contributed by atoms with Gasteiger partial charge < -0.3 is 14.8 Å². The summed E-state index contributed by atoms with van der Waals surface area (Å²) in [7, 11) is 0. The second kappa shape index (κ2) is 15.2. The molecule has 0 bridgehead atoms. The topological polar surface area (TPSA) is 96.2 Å². The molecule has 0 spiro atoms. The number of pyridine rings is 1. The predicted molar refractivity (Wildman–Crippen MR) is 193 cm³/mol. The molecule has 8 nitrogen and oxygen atoms in total. The molecule has 0 unspecified atom stereocenters. The Morgan fingerprint density at radius 3 is 2.63 bits per heavy atom. The molecule has 3 aromatic carbocycles. The third kappa shape index (κ3) is 7.76. The lowest BCUT2D eigenvalue weighted by atomic mass is 9.96. The lowest BCUT2D eigenvalue weighted by Gasteiger charge is -2.27. The summed E-state index contributed by atoms with van der Waals surface area (Å²) in [6.07, 6.45) is 12.0. The highest BCUT2D eigenvalue weighted by Gasteiger charge is 2.18. The molecule has 2 aromatic heterocycles. The number of rotatable bonds is 10. The molecule has 1 N–H and O–H groups in total. The van der Waals surface area contributed by atoms with Crippen LogP contribution < -0.4 is 14.8 Å². The first kappa shape index (κ1) is 32.7. The van der Waals surface area contributed by atoms with Crippen LogP contribution >= 0.6 is 11.6 Å². The third-order valence-electron chi connectivity index (χ3n) is 9.31. The Kier molecular flexibility index (Phi) is 10.1. The quantitative estimate of drug-likeness (QED) is 0.160. The zero-order valence-electron chi connectivity index (χ0n) is 27.7. The van der Waals surface area contributed by atoms with Crippen molar-refractivity contribution in [2.24, 2.45) is 0 Å². The van der Waals surface area contributed by atoms with Crippen LogP contribution in [0.2, 0.25) is 5.02 Å². The van der Waals surface area contributed by atoms with E-state index in [1.165, 1.54) is 24.8 Å². The molecule has 4 heterocycles. The van der Waals surface area contributed by atoms with Crippen LogP contribution in [0.25, 0.3) is 27.7 Å². The van der Waals surface area contributed by atoms with Gasteiger partial charge in [-0.05, 0) is 97.9 Å². The van der Waals surface area contributed by atoms with E-state index in [1.807, 2.05) is 24.4 Å². The highest BCUT2D eigenvalue weighted by molar-refractivity contribution is 6.32. The zero-order chi connectivity index (χ0) is 33.6. The van der Waals surface area contributed by atoms with Gasteiger partial charge in [0.2, 0.25) is 0 Å². The standard InChI is InChI=1S/C40H39ClN6O2/c1-27-32(7-5-9-34(27)30-10-11-36-37(17-30)46-38(23-45-36)31-8-6-12-43-22-31)26-49-40-18-39(48-25-29-15-28(19-42)20-44-21-29)33(16-35(40)41)24-47-13-3-2-4-14-47/h5,7-11,15-18,20-21,23,43H,2-4,6,12-14,22,24-26H2,1H3. The fraction of sp³-hybridized carbons (Fsp3) is 0.300. The number of nitrogens with zero attached hydrogens (tertiary/aromatic N) is 5. The number of benzene rings is 3. The Bertz CT molecular complexity index is 2050. The molecule has 0 amide bonds. The summed E-state index contributed by atoms with van der Waals surface area (Å²) in [6.45, 7) is 7.42. The molecular formula is C40H39ClN6O2. The van der Waals surface area contributed by atoms with E-state index in [0.717, 1.165) is 89.3 Å². The Balaban J connectivity index is 1.12. The summed E-state index contributed by atoms with van der Waals surface area (Å²) in [5.41, 5.74) is 10.6. The molecule has 0 saturated carbocycles. The molecule has 9 heteroatoms. The Labute approximate surface area is 292 Å². The lowest BCUT2D eigenvalue weighted by Crippen LogP contribution is -2.29.